The van der Waals surface area contributed by atoms with Crippen LogP contribution in [0, 0.1) is 0 Å². The van der Waals surface area contributed by atoms with E-state index >= 15 is 0 Å². The van der Waals surface area contributed by atoms with Crippen LogP contribution >= 0.6 is 23.2 Å². The first-order valence-electron chi connectivity index (χ1n) is 4.74. The monoisotopic (exact) mass is 292 g/mol. The van der Waals surface area contributed by atoms with Gasteiger partial charge >= 0.3 is 6.18 Å². The first-order valence-corrected chi connectivity index (χ1v) is 5.49. The van der Waals surface area contributed by atoms with E-state index in [0.29, 0.717) is 10.6 Å². The Labute approximate surface area is 110 Å². The van der Waals surface area contributed by atoms with Crippen molar-refractivity contribution in [3.05, 3.63) is 46.3 Å². The average molecular weight is 293 g/mol. The Balaban J connectivity index is 2.52. The highest BCUT2D eigenvalue weighted by atomic mass is 35.5. The summed E-state index contributed by atoms with van der Waals surface area (Å²) >= 11 is 11.3. The van der Waals surface area contributed by atoms with E-state index in [0.717, 1.165) is 0 Å². The van der Waals surface area contributed by atoms with Crippen LogP contribution in [0.1, 0.15) is 5.82 Å². The van der Waals surface area contributed by atoms with Crippen molar-refractivity contribution in [2.75, 3.05) is 0 Å². The van der Waals surface area contributed by atoms with Crippen molar-refractivity contribution in [2.24, 2.45) is 0 Å². The highest BCUT2D eigenvalue weighted by Gasteiger charge is 2.35. The van der Waals surface area contributed by atoms with Gasteiger partial charge in [-0.2, -0.15) is 13.2 Å². The van der Waals surface area contributed by atoms with Gasteiger partial charge in [0.05, 0.1) is 5.69 Å². The molecule has 0 aliphatic heterocycles. The van der Waals surface area contributed by atoms with Crippen LogP contribution in [0.2, 0.25) is 10.2 Å². The molecule has 18 heavy (non-hydrogen) atoms. The number of rotatable bonds is 1. The first kappa shape index (κ1) is 13.1. The Morgan fingerprint density at radius 1 is 0.944 bits per heavy atom. The smallest absolute Gasteiger partial charge is 0.224 e. The molecule has 0 saturated carbocycles. The minimum atomic E-state index is -4.63. The van der Waals surface area contributed by atoms with Crippen molar-refractivity contribution in [1.82, 2.24) is 9.97 Å². The summed E-state index contributed by atoms with van der Waals surface area (Å²) in [6.45, 7) is 0. The van der Waals surface area contributed by atoms with Gasteiger partial charge in [0, 0.05) is 16.7 Å². The van der Waals surface area contributed by atoms with Gasteiger partial charge in [-0.1, -0.05) is 35.3 Å². The molecule has 2 rings (SSSR count). The predicted molar refractivity (Wildman–Crippen MR) is 62.5 cm³/mol. The molecule has 0 aliphatic rings. The highest BCUT2D eigenvalue weighted by Crippen LogP contribution is 2.30. The summed E-state index contributed by atoms with van der Waals surface area (Å²) in [7, 11) is 0. The molecule has 1 heterocycles. The lowest BCUT2D eigenvalue weighted by Crippen LogP contribution is -2.11. The van der Waals surface area contributed by atoms with Crippen LogP contribution in [0.4, 0.5) is 13.2 Å². The van der Waals surface area contributed by atoms with Crippen molar-refractivity contribution in [3.63, 3.8) is 0 Å². The minimum Gasteiger partial charge on any atom is -0.224 e. The molecule has 0 aliphatic carbocycles. The second-order valence-corrected chi connectivity index (χ2v) is 4.23. The zero-order chi connectivity index (χ0) is 13.3. The fourth-order valence-electron chi connectivity index (χ4n) is 1.31. The summed E-state index contributed by atoms with van der Waals surface area (Å²) in [5.74, 6) is -1.26. The van der Waals surface area contributed by atoms with Crippen LogP contribution < -0.4 is 0 Å². The second kappa shape index (κ2) is 4.74. The maximum absolute atomic E-state index is 12.5. The maximum Gasteiger partial charge on any atom is 0.451 e. The second-order valence-electron chi connectivity index (χ2n) is 3.40. The van der Waals surface area contributed by atoms with E-state index in [1.807, 2.05) is 0 Å². The number of benzene rings is 1. The summed E-state index contributed by atoms with van der Waals surface area (Å²) in [6.07, 6.45) is -4.63. The Hall–Kier alpha value is -1.33. The van der Waals surface area contributed by atoms with Gasteiger partial charge in [-0.25, -0.2) is 9.97 Å². The number of hydrogen-bond acceptors (Lipinski definition) is 2. The standard InChI is InChI=1S/C11H5Cl2F3N2/c12-7-3-1-6(2-4-7)8-5-9(13)18-10(17-8)11(14,15)16/h1-5H. The van der Waals surface area contributed by atoms with E-state index < -0.39 is 12.0 Å². The third kappa shape index (κ3) is 2.91. The van der Waals surface area contributed by atoms with E-state index in [4.69, 9.17) is 23.2 Å². The Morgan fingerprint density at radius 2 is 1.56 bits per heavy atom. The molecule has 0 fully saturated rings. The SMILES string of the molecule is FC(F)(F)c1nc(Cl)cc(-c2ccc(Cl)cc2)n1. The summed E-state index contributed by atoms with van der Waals surface area (Å²) in [5.41, 5.74) is 0.577. The zero-order valence-corrected chi connectivity index (χ0v) is 10.2. The first-order chi connectivity index (χ1) is 8.36. The van der Waals surface area contributed by atoms with Crippen molar-refractivity contribution >= 4 is 23.2 Å². The molecular weight excluding hydrogens is 288 g/mol. The van der Waals surface area contributed by atoms with E-state index in [9.17, 15) is 13.2 Å². The van der Waals surface area contributed by atoms with Crippen molar-refractivity contribution in [2.45, 2.75) is 6.18 Å². The molecule has 1 aromatic carbocycles. The molecule has 1 aromatic heterocycles. The van der Waals surface area contributed by atoms with Gasteiger partial charge < -0.3 is 0 Å². The van der Waals surface area contributed by atoms with E-state index in [2.05, 4.69) is 9.97 Å². The van der Waals surface area contributed by atoms with Crippen molar-refractivity contribution in [3.8, 4) is 11.3 Å². The highest BCUT2D eigenvalue weighted by molar-refractivity contribution is 6.30. The predicted octanol–water partition coefficient (Wildman–Crippen LogP) is 4.47. The number of alkyl halides is 3. The number of nitrogens with zero attached hydrogens (tertiary/aromatic N) is 2. The van der Waals surface area contributed by atoms with Crippen LogP contribution in [0.25, 0.3) is 11.3 Å². The quantitative estimate of drug-likeness (QED) is 0.725. The zero-order valence-electron chi connectivity index (χ0n) is 8.67. The van der Waals surface area contributed by atoms with Gasteiger partial charge in [0.1, 0.15) is 5.15 Å². The molecule has 0 atom stereocenters. The van der Waals surface area contributed by atoms with Crippen LogP contribution in [0.5, 0.6) is 0 Å². The van der Waals surface area contributed by atoms with Gasteiger partial charge in [0.15, 0.2) is 0 Å². The van der Waals surface area contributed by atoms with E-state index in [1.54, 1.807) is 24.3 Å². The van der Waals surface area contributed by atoms with E-state index in [1.165, 1.54) is 6.07 Å². The lowest BCUT2D eigenvalue weighted by molar-refractivity contribution is -0.144. The molecule has 0 spiro atoms. The molecule has 0 radical (unpaired) electrons. The lowest BCUT2D eigenvalue weighted by atomic mass is 10.1. The number of halogens is 5. The average Bonchev–Trinajstić information content (AvgIpc) is 2.28. The van der Waals surface area contributed by atoms with Crippen LogP contribution in [0.15, 0.2) is 30.3 Å². The Bertz CT molecular complexity index is 567. The Kier molecular flexibility index (Phi) is 3.45. The van der Waals surface area contributed by atoms with E-state index in [-0.39, 0.29) is 10.8 Å². The molecule has 0 N–H and O–H groups in total. The molecule has 7 heteroatoms. The van der Waals surface area contributed by atoms with Gasteiger partial charge in [0.2, 0.25) is 5.82 Å². The third-order valence-corrected chi connectivity index (χ3v) is 2.53. The molecule has 0 amide bonds. The summed E-state index contributed by atoms with van der Waals surface area (Å²) in [4.78, 5) is 6.59. The van der Waals surface area contributed by atoms with Crippen LogP contribution in [-0.4, -0.2) is 9.97 Å². The van der Waals surface area contributed by atoms with Crippen molar-refractivity contribution < 1.29 is 13.2 Å². The Morgan fingerprint density at radius 3 is 2.11 bits per heavy atom. The molecule has 2 nitrogen and oxygen atoms in total. The minimum absolute atomic E-state index is 0.0963. The number of aromatic nitrogens is 2. The molecule has 0 unspecified atom stereocenters. The van der Waals surface area contributed by atoms with Gasteiger partial charge in [-0.05, 0) is 12.1 Å². The topological polar surface area (TPSA) is 25.8 Å². The molecular formula is C11H5Cl2F3N2. The molecule has 94 valence electrons. The molecule has 0 saturated heterocycles. The largest absolute Gasteiger partial charge is 0.451 e. The van der Waals surface area contributed by atoms with Gasteiger partial charge in [0.25, 0.3) is 0 Å². The number of hydrogen-bond donors (Lipinski definition) is 0. The maximum atomic E-state index is 12.5. The third-order valence-electron chi connectivity index (χ3n) is 2.09. The molecule has 0 bridgehead atoms. The summed E-state index contributed by atoms with van der Waals surface area (Å²) < 4.78 is 37.6. The lowest BCUT2D eigenvalue weighted by Gasteiger charge is -2.07. The normalized spacial score (nSPS) is 11.6. The summed E-state index contributed by atoms with van der Waals surface area (Å²) in [6, 6.07) is 7.49. The van der Waals surface area contributed by atoms with Crippen LogP contribution in [-0.2, 0) is 6.18 Å². The fourth-order valence-corrected chi connectivity index (χ4v) is 1.62. The van der Waals surface area contributed by atoms with Crippen LogP contribution in [0.3, 0.4) is 0 Å². The molecule has 2 aromatic rings. The fraction of sp³-hybridized carbons (Fsp3) is 0.0909. The van der Waals surface area contributed by atoms with Gasteiger partial charge in [-0.15, -0.1) is 0 Å². The summed E-state index contributed by atoms with van der Waals surface area (Å²) in [5, 5.41) is 0.220. The van der Waals surface area contributed by atoms with Gasteiger partial charge in [-0.3, -0.25) is 0 Å². The van der Waals surface area contributed by atoms with Crippen molar-refractivity contribution in [1.29, 1.82) is 0 Å².